The molecule has 126 valence electrons. The molecule has 0 radical (unpaired) electrons. The molecule has 1 saturated carbocycles. The highest BCUT2D eigenvalue weighted by atomic mass is 16.2. The minimum atomic E-state index is -0.121. The third-order valence-corrected chi connectivity index (χ3v) is 4.71. The molecule has 1 aromatic rings. The molecule has 3 atom stereocenters. The second-order valence-corrected chi connectivity index (χ2v) is 6.67. The number of amides is 3. The lowest BCUT2D eigenvalue weighted by Crippen LogP contribution is -2.64. The van der Waals surface area contributed by atoms with E-state index in [0.29, 0.717) is 6.54 Å². The van der Waals surface area contributed by atoms with Gasteiger partial charge < -0.3 is 15.5 Å². The fourth-order valence-corrected chi connectivity index (χ4v) is 3.55. The van der Waals surface area contributed by atoms with E-state index in [1.54, 1.807) is 11.1 Å². The summed E-state index contributed by atoms with van der Waals surface area (Å²) in [5.74, 6) is 0.229. The van der Waals surface area contributed by atoms with Crippen LogP contribution >= 0.6 is 0 Å². The maximum Gasteiger partial charge on any atom is 0.318 e. The first-order valence-corrected chi connectivity index (χ1v) is 8.45. The van der Waals surface area contributed by atoms with Crippen LogP contribution in [-0.4, -0.2) is 51.8 Å². The fraction of sp³-hybridized carbons (Fsp3) is 0.688. The number of carbonyl (C=O) groups is 2. The predicted molar refractivity (Wildman–Crippen MR) is 85.7 cm³/mol. The Morgan fingerprint density at radius 2 is 2.30 bits per heavy atom. The van der Waals surface area contributed by atoms with E-state index in [0.717, 1.165) is 32.2 Å². The van der Waals surface area contributed by atoms with Gasteiger partial charge in [0.2, 0.25) is 5.91 Å². The average molecular weight is 319 g/mol. The summed E-state index contributed by atoms with van der Waals surface area (Å²) in [4.78, 5) is 26.1. The number of piperazine rings is 1. The van der Waals surface area contributed by atoms with Crippen molar-refractivity contribution >= 4 is 11.9 Å². The number of aromatic nitrogens is 2. The lowest BCUT2D eigenvalue weighted by molar-refractivity contribution is -0.126. The molecule has 3 amide bonds. The molecule has 7 nitrogen and oxygen atoms in total. The second-order valence-electron chi connectivity index (χ2n) is 6.67. The van der Waals surface area contributed by atoms with Gasteiger partial charge in [-0.05, 0) is 24.8 Å². The van der Waals surface area contributed by atoms with Crippen molar-refractivity contribution in [3.63, 3.8) is 0 Å². The molecule has 1 aliphatic heterocycles. The predicted octanol–water partition coefficient (Wildman–Crippen LogP) is 0.972. The third kappa shape index (κ3) is 3.83. The molecule has 0 spiro atoms. The number of rotatable bonds is 4. The van der Waals surface area contributed by atoms with Crippen LogP contribution in [0.1, 0.15) is 32.6 Å². The topological polar surface area (TPSA) is 79.3 Å². The van der Waals surface area contributed by atoms with Gasteiger partial charge in [0.25, 0.3) is 0 Å². The van der Waals surface area contributed by atoms with Gasteiger partial charge >= 0.3 is 6.03 Å². The van der Waals surface area contributed by atoms with Crippen molar-refractivity contribution in [2.75, 3.05) is 13.1 Å². The smallest absolute Gasteiger partial charge is 0.318 e. The SMILES string of the molecule is C[C@H](CNC(=O)N1CC(=O)N[C@@H]2CCCC[C@@H]21)Cn1cccn1. The largest absolute Gasteiger partial charge is 0.350 e. The summed E-state index contributed by atoms with van der Waals surface area (Å²) in [6, 6.07) is 2.03. The number of urea groups is 1. The van der Waals surface area contributed by atoms with E-state index in [1.165, 1.54) is 0 Å². The summed E-state index contributed by atoms with van der Waals surface area (Å²) in [5, 5.41) is 10.2. The zero-order valence-corrected chi connectivity index (χ0v) is 13.6. The molecule has 1 aromatic heterocycles. The molecule has 2 aliphatic rings. The highest BCUT2D eigenvalue weighted by Crippen LogP contribution is 2.25. The lowest BCUT2D eigenvalue weighted by Gasteiger charge is -2.43. The second kappa shape index (κ2) is 7.02. The minimum absolute atomic E-state index is 0.0483. The molecule has 2 fully saturated rings. The Hall–Kier alpha value is -2.05. The monoisotopic (exact) mass is 319 g/mol. The van der Waals surface area contributed by atoms with Crippen LogP contribution < -0.4 is 10.6 Å². The molecule has 0 unspecified atom stereocenters. The van der Waals surface area contributed by atoms with Crippen LogP contribution in [-0.2, 0) is 11.3 Å². The Bertz CT molecular complexity index is 545. The normalized spacial score (nSPS) is 25.4. The number of fused-ring (bicyclic) bond motifs is 1. The van der Waals surface area contributed by atoms with Crippen molar-refractivity contribution in [3.8, 4) is 0 Å². The summed E-state index contributed by atoms with van der Waals surface area (Å²) in [6.45, 7) is 3.59. The molecular formula is C16H25N5O2. The number of hydrogen-bond donors (Lipinski definition) is 2. The number of nitrogens with zero attached hydrogens (tertiary/aromatic N) is 3. The lowest BCUT2D eigenvalue weighted by atomic mass is 9.87. The number of carbonyl (C=O) groups excluding carboxylic acids is 2. The van der Waals surface area contributed by atoms with Crippen molar-refractivity contribution in [1.82, 2.24) is 25.3 Å². The van der Waals surface area contributed by atoms with Crippen molar-refractivity contribution in [2.45, 2.75) is 51.2 Å². The fourth-order valence-electron chi connectivity index (χ4n) is 3.55. The first kappa shape index (κ1) is 15.8. The van der Waals surface area contributed by atoms with Crippen LogP contribution in [0.2, 0.25) is 0 Å². The standard InChI is InChI=1S/C16H25N5O2/c1-12(10-20-8-4-7-18-20)9-17-16(23)21-11-15(22)19-13-5-2-3-6-14(13)21/h4,7-8,12-14H,2-3,5-6,9-11H2,1H3,(H,17,23)(H,19,22)/t12-,13-,14+/m1/s1. The van der Waals surface area contributed by atoms with E-state index in [-0.39, 0.29) is 36.5 Å². The zero-order valence-electron chi connectivity index (χ0n) is 13.6. The van der Waals surface area contributed by atoms with Crippen LogP contribution in [0.4, 0.5) is 4.79 Å². The zero-order chi connectivity index (χ0) is 16.2. The van der Waals surface area contributed by atoms with E-state index in [4.69, 9.17) is 0 Å². The van der Waals surface area contributed by atoms with Gasteiger partial charge in [-0.1, -0.05) is 19.8 Å². The summed E-state index contributed by atoms with van der Waals surface area (Å²) < 4.78 is 1.86. The summed E-state index contributed by atoms with van der Waals surface area (Å²) in [7, 11) is 0. The summed E-state index contributed by atoms with van der Waals surface area (Å²) in [6.07, 6.45) is 7.85. The van der Waals surface area contributed by atoms with Gasteiger partial charge in [-0.25, -0.2) is 4.79 Å². The molecule has 1 saturated heterocycles. The van der Waals surface area contributed by atoms with Gasteiger partial charge in [0.15, 0.2) is 0 Å². The van der Waals surface area contributed by atoms with Crippen molar-refractivity contribution < 1.29 is 9.59 Å². The highest BCUT2D eigenvalue weighted by molar-refractivity contribution is 5.86. The van der Waals surface area contributed by atoms with E-state index in [2.05, 4.69) is 22.7 Å². The van der Waals surface area contributed by atoms with Gasteiger partial charge in [0, 0.05) is 31.5 Å². The first-order valence-electron chi connectivity index (χ1n) is 8.45. The molecule has 2 heterocycles. The van der Waals surface area contributed by atoms with Gasteiger partial charge in [-0.3, -0.25) is 9.48 Å². The summed E-state index contributed by atoms with van der Waals surface area (Å²) in [5.41, 5.74) is 0. The first-order chi connectivity index (χ1) is 11.1. The average Bonchev–Trinajstić information content (AvgIpc) is 3.04. The Morgan fingerprint density at radius 1 is 1.48 bits per heavy atom. The van der Waals surface area contributed by atoms with Crippen molar-refractivity contribution in [1.29, 1.82) is 0 Å². The van der Waals surface area contributed by atoms with E-state index in [1.807, 2.05) is 16.9 Å². The van der Waals surface area contributed by atoms with Gasteiger partial charge in [-0.15, -0.1) is 0 Å². The maximum atomic E-state index is 12.5. The van der Waals surface area contributed by atoms with Crippen LogP contribution in [0.15, 0.2) is 18.5 Å². The molecule has 23 heavy (non-hydrogen) atoms. The van der Waals surface area contributed by atoms with Crippen LogP contribution in [0, 0.1) is 5.92 Å². The van der Waals surface area contributed by atoms with Crippen molar-refractivity contribution in [3.05, 3.63) is 18.5 Å². The Morgan fingerprint density at radius 3 is 3.09 bits per heavy atom. The highest BCUT2D eigenvalue weighted by Gasteiger charge is 2.38. The Labute approximate surface area is 136 Å². The van der Waals surface area contributed by atoms with Gasteiger partial charge in [0.05, 0.1) is 6.04 Å². The van der Waals surface area contributed by atoms with Gasteiger partial charge in [-0.2, -0.15) is 5.10 Å². The molecular weight excluding hydrogens is 294 g/mol. The minimum Gasteiger partial charge on any atom is -0.350 e. The van der Waals surface area contributed by atoms with Crippen LogP contribution in [0.25, 0.3) is 0 Å². The summed E-state index contributed by atoms with van der Waals surface area (Å²) >= 11 is 0. The molecule has 2 N–H and O–H groups in total. The van der Waals surface area contributed by atoms with E-state index < -0.39 is 0 Å². The van der Waals surface area contributed by atoms with Gasteiger partial charge in [0.1, 0.15) is 6.54 Å². The molecule has 0 aromatic carbocycles. The Balaban J connectivity index is 1.53. The quantitative estimate of drug-likeness (QED) is 0.868. The van der Waals surface area contributed by atoms with E-state index in [9.17, 15) is 9.59 Å². The number of nitrogens with one attached hydrogen (secondary N) is 2. The van der Waals surface area contributed by atoms with Crippen LogP contribution in [0.5, 0.6) is 0 Å². The molecule has 3 rings (SSSR count). The molecule has 7 heteroatoms. The number of hydrogen-bond acceptors (Lipinski definition) is 3. The molecule has 0 bridgehead atoms. The van der Waals surface area contributed by atoms with Crippen molar-refractivity contribution in [2.24, 2.45) is 5.92 Å². The Kier molecular flexibility index (Phi) is 4.83. The van der Waals surface area contributed by atoms with E-state index >= 15 is 0 Å². The van der Waals surface area contributed by atoms with Crippen LogP contribution in [0.3, 0.4) is 0 Å². The third-order valence-electron chi connectivity index (χ3n) is 4.71. The molecule has 1 aliphatic carbocycles. The maximum absolute atomic E-state index is 12.5.